The van der Waals surface area contributed by atoms with Gasteiger partial charge in [0, 0.05) is 5.39 Å². The lowest BCUT2D eigenvalue weighted by molar-refractivity contribution is 0.639. The van der Waals surface area contributed by atoms with Crippen molar-refractivity contribution in [2.45, 2.75) is 0 Å². The zero-order valence-electron chi connectivity index (χ0n) is 6.59. The molecule has 0 fully saturated rings. The SMILES string of the molecule is Nc1ccc2c(F)ccc(Cl)c2n1. The number of nitrogen functional groups attached to an aromatic ring is 1. The fourth-order valence-electron chi connectivity index (χ4n) is 1.16. The monoisotopic (exact) mass is 196 g/mol. The van der Waals surface area contributed by atoms with Crippen LogP contribution in [0.3, 0.4) is 0 Å². The predicted molar refractivity (Wildman–Crippen MR) is 51.1 cm³/mol. The first kappa shape index (κ1) is 8.26. The van der Waals surface area contributed by atoms with E-state index >= 15 is 0 Å². The summed E-state index contributed by atoms with van der Waals surface area (Å²) in [5, 5.41) is 0.797. The van der Waals surface area contributed by atoms with Gasteiger partial charge < -0.3 is 5.73 Å². The summed E-state index contributed by atoms with van der Waals surface area (Å²) in [7, 11) is 0. The smallest absolute Gasteiger partial charge is 0.132 e. The maximum Gasteiger partial charge on any atom is 0.132 e. The highest BCUT2D eigenvalue weighted by atomic mass is 35.5. The zero-order chi connectivity index (χ0) is 9.42. The van der Waals surface area contributed by atoms with Gasteiger partial charge in [-0.2, -0.15) is 0 Å². The average Bonchev–Trinajstić information content (AvgIpc) is 2.12. The second-order valence-corrected chi connectivity index (χ2v) is 3.07. The van der Waals surface area contributed by atoms with Crippen LogP contribution in [-0.2, 0) is 0 Å². The molecule has 0 radical (unpaired) electrons. The van der Waals surface area contributed by atoms with Gasteiger partial charge in [0.05, 0.1) is 10.5 Å². The highest BCUT2D eigenvalue weighted by Crippen LogP contribution is 2.24. The molecule has 0 atom stereocenters. The third kappa shape index (κ3) is 1.31. The van der Waals surface area contributed by atoms with Crippen LogP contribution >= 0.6 is 11.6 Å². The number of anilines is 1. The molecule has 1 aromatic heterocycles. The highest BCUT2D eigenvalue weighted by molar-refractivity contribution is 6.35. The maximum absolute atomic E-state index is 13.2. The van der Waals surface area contributed by atoms with Crippen molar-refractivity contribution in [3.8, 4) is 0 Å². The number of aromatic nitrogens is 1. The van der Waals surface area contributed by atoms with Crippen molar-refractivity contribution >= 4 is 28.3 Å². The highest BCUT2D eigenvalue weighted by Gasteiger charge is 2.05. The molecule has 0 saturated heterocycles. The minimum atomic E-state index is -0.341. The molecule has 0 amide bonds. The molecule has 0 aliphatic heterocycles. The van der Waals surface area contributed by atoms with Gasteiger partial charge in [0.1, 0.15) is 11.6 Å². The molecule has 2 rings (SSSR count). The summed E-state index contributed by atoms with van der Waals surface area (Å²) in [4.78, 5) is 3.94. The van der Waals surface area contributed by atoms with E-state index < -0.39 is 0 Å². The van der Waals surface area contributed by atoms with Crippen molar-refractivity contribution in [1.82, 2.24) is 4.98 Å². The van der Waals surface area contributed by atoms with Crippen LogP contribution in [-0.4, -0.2) is 4.98 Å². The molecule has 13 heavy (non-hydrogen) atoms. The molecule has 0 aliphatic carbocycles. The van der Waals surface area contributed by atoms with Gasteiger partial charge in [0.15, 0.2) is 0 Å². The fourth-order valence-corrected chi connectivity index (χ4v) is 1.37. The number of fused-ring (bicyclic) bond motifs is 1. The van der Waals surface area contributed by atoms with Crippen LogP contribution in [0, 0.1) is 5.82 Å². The summed E-state index contributed by atoms with van der Waals surface area (Å²) in [6.07, 6.45) is 0. The van der Waals surface area contributed by atoms with Gasteiger partial charge in [-0.05, 0) is 24.3 Å². The van der Waals surface area contributed by atoms with Gasteiger partial charge in [-0.3, -0.25) is 0 Å². The lowest BCUT2D eigenvalue weighted by atomic mass is 10.2. The molecular formula is C9H6ClFN2. The molecule has 0 unspecified atom stereocenters. The molecule has 0 bridgehead atoms. The quantitative estimate of drug-likeness (QED) is 0.704. The van der Waals surface area contributed by atoms with Gasteiger partial charge in [-0.25, -0.2) is 9.37 Å². The summed E-state index contributed by atoms with van der Waals surface area (Å²) in [5.74, 6) is -0.00750. The van der Waals surface area contributed by atoms with Gasteiger partial charge in [0.25, 0.3) is 0 Å². The second-order valence-electron chi connectivity index (χ2n) is 2.66. The Morgan fingerprint density at radius 2 is 2.00 bits per heavy atom. The van der Waals surface area contributed by atoms with Gasteiger partial charge in [0.2, 0.25) is 0 Å². The molecule has 66 valence electrons. The molecule has 2 N–H and O–H groups in total. The Labute approximate surface area is 79.1 Å². The van der Waals surface area contributed by atoms with Gasteiger partial charge in [-0.15, -0.1) is 0 Å². The third-order valence-corrected chi connectivity index (χ3v) is 2.08. The largest absolute Gasteiger partial charge is 0.384 e. The molecule has 2 aromatic rings. The number of hydrogen-bond acceptors (Lipinski definition) is 2. The molecule has 0 spiro atoms. The van der Waals surface area contributed by atoms with Crippen molar-refractivity contribution in [3.05, 3.63) is 35.1 Å². The summed E-state index contributed by atoms with van der Waals surface area (Å²) < 4.78 is 13.2. The van der Waals surface area contributed by atoms with Crippen molar-refractivity contribution in [2.75, 3.05) is 5.73 Å². The van der Waals surface area contributed by atoms with E-state index in [1.165, 1.54) is 12.1 Å². The van der Waals surface area contributed by atoms with Crippen LogP contribution in [0.4, 0.5) is 10.2 Å². The van der Waals surface area contributed by atoms with Crippen LogP contribution in [0.1, 0.15) is 0 Å². The van der Waals surface area contributed by atoms with Crippen LogP contribution < -0.4 is 5.73 Å². The van der Waals surface area contributed by atoms with Crippen molar-refractivity contribution < 1.29 is 4.39 Å². The van der Waals surface area contributed by atoms with Crippen LogP contribution in [0.25, 0.3) is 10.9 Å². The molecule has 1 aromatic carbocycles. The Morgan fingerprint density at radius 1 is 1.23 bits per heavy atom. The van der Waals surface area contributed by atoms with E-state index in [9.17, 15) is 4.39 Å². The van der Waals surface area contributed by atoms with Crippen LogP contribution in [0.2, 0.25) is 5.02 Å². The van der Waals surface area contributed by atoms with Crippen molar-refractivity contribution in [2.24, 2.45) is 0 Å². The predicted octanol–water partition coefficient (Wildman–Crippen LogP) is 2.61. The number of pyridine rings is 1. The van der Waals surface area contributed by atoms with E-state index in [1.54, 1.807) is 12.1 Å². The summed E-state index contributed by atoms with van der Waals surface area (Å²) in [6.45, 7) is 0. The van der Waals surface area contributed by atoms with E-state index in [2.05, 4.69) is 4.98 Å². The molecule has 4 heteroatoms. The first-order valence-electron chi connectivity index (χ1n) is 3.69. The number of halogens is 2. The Balaban J connectivity index is 2.92. The third-order valence-electron chi connectivity index (χ3n) is 1.78. The molecule has 0 aliphatic rings. The maximum atomic E-state index is 13.2. The number of hydrogen-bond donors (Lipinski definition) is 1. The van der Waals surface area contributed by atoms with E-state index in [1.807, 2.05) is 0 Å². The summed E-state index contributed by atoms with van der Waals surface area (Å²) in [5.41, 5.74) is 5.85. The number of rotatable bonds is 0. The fraction of sp³-hybridized carbons (Fsp3) is 0. The molecule has 2 nitrogen and oxygen atoms in total. The Kier molecular flexibility index (Phi) is 1.81. The van der Waals surface area contributed by atoms with E-state index in [0.717, 1.165) is 0 Å². The van der Waals surface area contributed by atoms with E-state index in [-0.39, 0.29) is 5.82 Å². The minimum Gasteiger partial charge on any atom is -0.384 e. The normalized spacial score (nSPS) is 10.6. The Morgan fingerprint density at radius 3 is 2.77 bits per heavy atom. The lowest BCUT2D eigenvalue weighted by Gasteiger charge is -2.01. The minimum absolute atomic E-state index is 0.333. The number of nitrogens with two attached hydrogens (primary N) is 1. The zero-order valence-corrected chi connectivity index (χ0v) is 7.35. The molecular weight excluding hydrogens is 191 g/mol. The van der Waals surface area contributed by atoms with E-state index in [4.69, 9.17) is 17.3 Å². The second kappa shape index (κ2) is 2.85. The first-order chi connectivity index (χ1) is 6.18. The van der Waals surface area contributed by atoms with Crippen LogP contribution in [0.15, 0.2) is 24.3 Å². The Hall–Kier alpha value is -1.35. The topological polar surface area (TPSA) is 38.9 Å². The lowest BCUT2D eigenvalue weighted by Crippen LogP contribution is -1.91. The van der Waals surface area contributed by atoms with Crippen molar-refractivity contribution in [3.63, 3.8) is 0 Å². The first-order valence-corrected chi connectivity index (χ1v) is 4.06. The van der Waals surface area contributed by atoms with Gasteiger partial charge >= 0.3 is 0 Å². The number of nitrogens with zero attached hydrogens (tertiary/aromatic N) is 1. The molecule has 0 saturated carbocycles. The van der Waals surface area contributed by atoms with Crippen LogP contribution in [0.5, 0.6) is 0 Å². The summed E-state index contributed by atoms with van der Waals surface area (Å²) >= 11 is 5.82. The average molecular weight is 197 g/mol. The number of benzene rings is 1. The Bertz CT molecular complexity index is 470. The molecule has 1 heterocycles. The van der Waals surface area contributed by atoms with Crippen molar-refractivity contribution in [1.29, 1.82) is 0 Å². The standard InChI is InChI=1S/C9H6ClFN2/c10-6-2-3-7(11)5-1-4-8(12)13-9(5)6/h1-4H,(H2,12,13). The van der Waals surface area contributed by atoms with Gasteiger partial charge in [-0.1, -0.05) is 11.6 Å². The summed E-state index contributed by atoms with van der Waals surface area (Å²) in [6, 6.07) is 5.88. The van der Waals surface area contributed by atoms with E-state index in [0.29, 0.717) is 21.7 Å².